The number of aromatic nitrogens is 3. The molecule has 0 aliphatic carbocycles. The third kappa shape index (κ3) is 7.84. The topological polar surface area (TPSA) is 115 Å². The number of nitrogens with one attached hydrogen (secondary N) is 1. The minimum Gasteiger partial charge on any atom is -0.443 e. The fourth-order valence-electron chi connectivity index (χ4n) is 4.40. The van der Waals surface area contributed by atoms with Crippen LogP contribution >= 0.6 is 0 Å². The van der Waals surface area contributed by atoms with Crippen molar-refractivity contribution in [2.24, 2.45) is 11.7 Å². The first kappa shape index (κ1) is 29.6. The number of rotatable bonds is 11. The largest absolute Gasteiger partial charge is 0.443 e. The van der Waals surface area contributed by atoms with Crippen LogP contribution in [-0.2, 0) is 21.1 Å². The number of nitrogens with zero attached hydrogens (tertiary/aromatic N) is 4. The standard InChI is InChI=1S/C31H35FN6O3/c1-20(2)13-27(33)31(40)41-19-38-18-26(22-10-11-34-28(32)16-22)25-15-23(17-35-30(25)38)21-7-5-8-24(14-21)36-29(39)9-6-12-37(3)4/h5-11,14-18,20,27H,12-13,19,33H2,1-4H3,(H,36,39)/b9-6+. The Balaban J connectivity index is 1.65. The Morgan fingerprint density at radius 2 is 1.93 bits per heavy atom. The summed E-state index contributed by atoms with van der Waals surface area (Å²) in [5.74, 6) is -1.07. The van der Waals surface area contributed by atoms with Crippen LogP contribution in [0.2, 0.25) is 0 Å². The Labute approximate surface area is 238 Å². The summed E-state index contributed by atoms with van der Waals surface area (Å²) in [5, 5.41) is 3.62. The molecule has 0 bridgehead atoms. The highest BCUT2D eigenvalue weighted by Gasteiger charge is 2.19. The second-order valence-electron chi connectivity index (χ2n) is 10.5. The molecule has 0 aliphatic rings. The molecule has 10 heteroatoms. The molecule has 41 heavy (non-hydrogen) atoms. The van der Waals surface area contributed by atoms with Gasteiger partial charge in [0.1, 0.15) is 11.7 Å². The molecule has 3 aromatic heterocycles. The number of pyridine rings is 2. The van der Waals surface area contributed by atoms with Crippen molar-refractivity contribution in [1.82, 2.24) is 19.4 Å². The van der Waals surface area contributed by atoms with E-state index >= 15 is 0 Å². The first-order chi connectivity index (χ1) is 19.6. The highest BCUT2D eigenvalue weighted by Crippen LogP contribution is 2.33. The van der Waals surface area contributed by atoms with Crippen molar-refractivity contribution in [3.8, 4) is 22.3 Å². The van der Waals surface area contributed by atoms with E-state index in [0.29, 0.717) is 35.4 Å². The Kier molecular flexibility index (Phi) is 9.59. The number of hydrogen-bond donors (Lipinski definition) is 2. The number of ether oxygens (including phenoxy) is 1. The van der Waals surface area contributed by atoms with E-state index in [0.717, 1.165) is 16.5 Å². The van der Waals surface area contributed by atoms with Crippen molar-refractivity contribution in [1.29, 1.82) is 0 Å². The van der Waals surface area contributed by atoms with Crippen molar-refractivity contribution >= 4 is 28.6 Å². The molecule has 9 nitrogen and oxygen atoms in total. The minimum absolute atomic E-state index is 0.0934. The predicted octanol–water partition coefficient (Wildman–Crippen LogP) is 4.83. The summed E-state index contributed by atoms with van der Waals surface area (Å²) in [6.45, 7) is 4.54. The van der Waals surface area contributed by atoms with Gasteiger partial charge in [-0.1, -0.05) is 32.1 Å². The van der Waals surface area contributed by atoms with Crippen molar-refractivity contribution in [3.63, 3.8) is 0 Å². The molecule has 0 spiro atoms. The Morgan fingerprint density at radius 3 is 2.66 bits per heavy atom. The van der Waals surface area contributed by atoms with Crippen molar-refractivity contribution in [2.75, 3.05) is 26.0 Å². The minimum atomic E-state index is -0.721. The molecule has 3 heterocycles. The summed E-state index contributed by atoms with van der Waals surface area (Å²) in [6.07, 6.45) is 8.69. The number of likely N-dealkylation sites (N-methyl/N-ethyl adjacent to an activating group) is 1. The van der Waals surface area contributed by atoms with Crippen LogP contribution in [0.15, 0.2) is 73.2 Å². The van der Waals surface area contributed by atoms with Gasteiger partial charge < -0.3 is 20.7 Å². The van der Waals surface area contributed by atoms with Gasteiger partial charge in [0.05, 0.1) is 0 Å². The quantitative estimate of drug-likeness (QED) is 0.154. The molecule has 0 saturated heterocycles. The van der Waals surface area contributed by atoms with Crippen LogP contribution in [0.1, 0.15) is 20.3 Å². The van der Waals surface area contributed by atoms with E-state index in [4.69, 9.17) is 10.5 Å². The van der Waals surface area contributed by atoms with E-state index in [1.54, 1.807) is 29.1 Å². The van der Waals surface area contributed by atoms with Gasteiger partial charge in [-0.15, -0.1) is 0 Å². The molecular formula is C31H35FN6O3. The number of amides is 1. The number of halogens is 1. The average molecular weight is 559 g/mol. The molecule has 1 atom stereocenters. The SMILES string of the molecule is CC(C)CC(N)C(=O)OCn1cc(-c2ccnc(F)c2)c2cc(-c3cccc(NC(=O)/C=C/CN(C)C)c3)cnc21. The van der Waals surface area contributed by atoms with E-state index in [-0.39, 0.29) is 18.6 Å². The van der Waals surface area contributed by atoms with Crippen LogP contribution in [0.3, 0.4) is 0 Å². The monoisotopic (exact) mass is 558 g/mol. The van der Waals surface area contributed by atoms with Gasteiger partial charge in [0.15, 0.2) is 6.73 Å². The van der Waals surface area contributed by atoms with Gasteiger partial charge in [0.25, 0.3) is 0 Å². The van der Waals surface area contributed by atoms with Gasteiger partial charge in [-0.25, -0.2) is 9.97 Å². The molecular weight excluding hydrogens is 523 g/mol. The first-order valence-electron chi connectivity index (χ1n) is 13.4. The predicted molar refractivity (Wildman–Crippen MR) is 158 cm³/mol. The molecule has 1 amide bonds. The molecule has 1 unspecified atom stereocenters. The third-order valence-electron chi connectivity index (χ3n) is 6.33. The van der Waals surface area contributed by atoms with Gasteiger partial charge in [-0.3, -0.25) is 14.2 Å². The van der Waals surface area contributed by atoms with Crippen molar-refractivity contribution < 1.29 is 18.7 Å². The van der Waals surface area contributed by atoms with Gasteiger partial charge >= 0.3 is 5.97 Å². The van der Waals surface area contributed by atoms with Crippen molar-refractivity contribution in [2.45, 2.75) is 33.0 Å². The molecule has 1 aromatic carbocycles. The zero-order chi connectivity index (χ0) is 29.5. The summed E-state index contributed by atoms with van der Waals surface area (Å²) in [4.78, 5) is 35.1. The summed E-state index contributed by atoms with van der Waals surface area (Å²) in [7, 11) is 3.86. The van der Waals surface area contributed by atoms with Crippen LogP contribution in [0.5, 0.6) is 0 Å². The van der Waals surface area contributed by atoms with Gasteiger partial charge in [0, 0.05) is 59.5 Å². The maximum absolute atomic E-state index is 14.1. The van der Waals surface area contributed by atoms with Crippen LogP contribution in [0, 0.1) is 11.9 Å². The van der Waals surface area contributed by atoms with Gasteiger partial charge in [-0.2, -0.15) is 4.39 Å². The second-order valence-corrected chi connectivity index (χ2v) is 10.5. The number of carbonyl (C=O) groups is 2. The highest BCUT2D eigenvalue weighted by atomic mass is 19.1. The smallest absolute Gasteiger partial charge is 0.324 e. The van der Waals surface area contributed by atoms with E-state index in [9.17, 15) is 14.0 Å². The molecule has 214 valence electrons. The van der Waals surface area contributed by atoms with E-state index in [1.165, 1.54) is 18.3 Å². The number of fused-ring (bicyclic) bond motifs is 1. The summed E-state index contributed by atoms with van der Waals surface area (Å²) in [5.41, 5.74) is 10.1. The van der Waals surface area contributed by atoms with E-state index in [1.807, 2.05) is 63.2 Å². The number of nitrogens with two attached hydrogens (primary N) is 1. The lowest BCUT2D eigenvalue weighted by molar-refractivity contribution is -0.149. The van der Waals surface area contributed by atoms with Crippen LogP contribution < -0.4 is 11.1 Å². The second kappa shape index (κ2) is 13.3. The molecule has 4 rings (SSSR count). The summed E-state index contributed by atoms with van der Waals surface area (Å²) >= 11 is 0. The zero-order valence-corrected chi connectivity index (χ0v) is 23.7. The Hall–Kier alpha value is -4.41. The van der Waals surface area contributed by atoms with Crippen LogP contribution in [0.4, 0.5) is 10.1 Å². The van der Waals surface area contributed by atoms with Crippen LogP contribution in [-0.4, -0.2) is 58.0 Å². The molecule has 0 radical (unpaired) electrons. The molecule has 0 fully saturated rings. The van der Waals surface area contributed by atoms with E-state index < -0.39 is 18.0 Å². The normalized spacial score (nSPS) is 12.4. The zero-order valence-electron chi connectivity index (χ0n) is 23.7. The summed E-state index contributed by atoms with van der Waals surface area (Å²) in [6, 6.07) is 11.7. The number of hydrogen-bond acceptors (Lipinski definition) is 7. The molecule has 0 saturated carbocycles. The number of esters is 1. The Bertz CT molecular complexity index is 1560. The van der Waals surface area contributed by atoms with Gasteiger partial charge in [0.2, 0.25) is 11.9 Å². The lowest BCUT2D eigenvalue weighted by Crippen LogP contribution is -2.33. The Morgan fingerprint density at radius 1 is 1.12 bits per heavy atom. The number of anilines is 1. The maximum Gasteiger partial charge on any atom is 0.324 e. The number of carbonyl (C=O) groups excluding carboxylic acids is 2. The molecule has 3 N–H and O–H groups in total. The maximum atomic E-state index is 14.1. The average Bonchev–Trinajstić information content (AvgIpc) is 3.29. The molecule has 0 aliphatic heterocycles. The van der Waals surface area contributed by atoms with Crippen molar-refractivity contribution in [3.05, 3.63) is 79.2 Å². The van der Waals surface area contributed by atoms with Gasteiger partial charge in [-0.05, 0) is 61.8 Å². The lowest BCUT2D eigenvalue weighted by atomic mass is 10.0. The molecule has 4 aromatic rings. The lowest BCUT2D eigenvalue weighted by Gasteiger charge is -2.14. The summed E-state index contributed by atoms with van der Waals surface area (Å²) < 4.78 is 21.3. The van der Waals surface area contributed by atoms with Crippen LogP contribution in [0.25, 0.3) is 33.3 Å². The number of benzene rings is 1. The first-order valence-corrected chi connectivity index (χ1v) is 13.4. The third-order valence-corrected chi connectivity index (χ3v) is 6.33. The highest BCUT2D eigenvalue weighted by molar-refractivity contribution is 6.00. The fraction of sp³-hybridized carbons (Fsp3) is 0.290. The van der Waals surface area contributed by atoms with E-state index in [2.05, 4.69) is 15.3 Å². The fourth-order valence-corrected chi connectivity index (χ4v) is 4.40.